The maximum Gasteiger partial charge on any atom is 0.290 e. The molecule has 5 nitrogen and oxygen atoms in total. The molecular weight excluding hydrogens is 288 g/mol. The third-order valence-electron chi connectivity index (χ3n) is 5.40. The van der Waals surface area contributed by atoms with Gasteiger partial charge in [0.15, 0.2) is 5.82 Å². The number of nitrogens with zero attached hydrogens (tertiary/aromatic N) is 2. The molecular formula is C18H28N4O. The van der Waals surface area contributed by atoms with E-state index >= 15 is 0 Å². The fourth-order valence-corrected chi connectivity index (χ4v) is 3.94. The van der Waals surface area contributed by atoms with Gasteiger partial charge in [-0.05, 0) is 44.4 Å². The SMILES string of the molecule is CC1=CCC[C@H](C)[C@H]1CN[C@H]1CCCN(c2ncc[nH]c2=O)C1. The van der Waals surface area contributed by atoms with Crippen LogP contribution in [-0.4, -0.2) is 35.6 Å². The Morgan fingerprint density at radius 3 is 3.09 bits per heavy atom. The monoisotopic (exact) mass is 316 g/mol. The molecule has 3 atom stereocenters. The van der Waals surface area contributed by atoms with E-state index in [9.17, 15) is 4.79 Å². The molecule has 0 unspecified atom stereocenters. The summed E-state index contributed by atoms with van der Waals surface area (Å²) in [5.74, 6) is 1.96. The van der Waals surface area contributed by atoms with E-state index in [1.54, 1.807) is 12.4 Å². The maximum absolute atomic E-state index is 11.9. The lowest BCUT2D eigenvalue weighted by molar-refractivity contribution is 0.320. The molecule has 0 radical (unpaired) electrons. The number of hydrogen-bond donors (Lipinski definition) is 2. The molecule has 0 spiro atoms. The molecule has 0 bridgehead atoms. The van der Waals surface area contributed by atoms with Crippen molar-refractivity contribution in [2.45, 2.75) is 45.6 Å². The van der Waals surface area contributed by atoms with Crippen molar-refractivity contribution in [1.29, 1.82) is 0 Å². The van der Waals surface area contributed by atoms with Crippen LogP contribution in [0.25, 0.3) is 0 Å². The molecule has 1 saturated heterocycles. The predicted molar refractivity (Wildman–Crippen MR) is 93.7 cm³/mol. The molecule has 1 aliphatic heterocycles. The molecule has 2 heterocycles. The number of hydrogen-bond acceptors (Lipinski definition) is 4. The fourth-order valence-electron chi connectivity index (χ4n) is 3.94. The number of allylic oxidation sites excluding steroid dienone is 1. The summed E-state index contributed by atoms with van der Waals surface area (Å²) in [4.78, 5) is 21.0. The van der Waals surface area contributed by atoms with Crippen LogP contribution in [0.1, 0.15) is 39.5 Å². The summed E-state index contributed by atoms with van der Waals surface area (Å²) in [5.41, 5.74) is 1.44. The van der Waals surface area contributed by atoms with E-state index < -0.39 is 0 Å². The van der Waals surface area contributed by atoms with Gasteiger partial charge in [0.05, 0.1) is 0 Å². The first-order valence-electron chi connectivity index (χ1n) is 8.84. The van der Waals surface area contributed by atoms with Crippen molar-refractivity contribution in [2.75, 3.05) is 24.5 Å². The van der Waals surface area contributed by atoms with Gasteiger partial charge < -0.3 is 15.2 Å². The van der Waals surface area contributed by atoms with Crippen LogP contribution in [0.5, 0.6) is 0 Å². The standard InChI is InChI=1S/C18H28N4O/c1-13-5-3-6-14(2)16(13)11-21-15-7-4-10-22(12-15)17-18(23)20-9-8-19-17/h5,8-9,14-16,21H,3-4,6-7,10-12H2,1-2H3,(H,20,23)/t14-,15-,16-/m0/s1. The number of H-pyrrole nitrogens is 1. The van der Waals surface area contributed by atoms with Gasteiger partial charge in [-0.25, -0.2) is 4.98 Å². The lowest BCUT2D eigenvalue weighted by Gasteiger charge is -2.36. The number of rotatable bonds is 4. The largest absolute Gasteiger partial charge is 0.350 e. The quantitative estimate of drug-likeness (QED) is 0.837. The van der Waals surface area contributed by atoms with Crippen molar-refractivity contribution in [3.8, 4) is 0 Å². The van der Waals surface area contributed by atoms with E-state index in [2.05, 4.69) is 40.1 Å². The van der Waals surface area contributed by atoms with Crippen LogP contribution in [0.15, 0.2) is 28.8 Å². The Balaban J connectivity index is 1.59. The molecule has 126 valence electrons. The molecule has 2 N–H and O–H groups in total. The minimum atomic E-state index is -0.0900. The molecule has 23 heavy (non-hydrogen) atoms. The van der Waals surface area contributed by atoms with Crippen LogP contribution in [0.2, 0.25) is 0 Å². The molecule has 1 aliphatic carbocycles. The molecule has 0 amide bonds. The summed E-state index contributed by atoms with van der Waals surface area (Å²) in [6.07, 6.45) is 10.4. The lowest BCUT2D eigenvalue weighted by Crippen LogP contribution is -2.49. The van der Waals surface area contributed by atoms with E-state index in [0.717, 1.165) is 32.0 Å². The van der Waals surface area contributed by atoms with Gasteiger partial charge in [-0.3, -0.25) is 4.79 Å². The first kappa shape index (κ1) is 16.2. The summed E-state index contributed by atoms with van der Waals surface area (Å²) in [5, 5.41) is 3.75. The van der Waals surface area contributed by atoms with Crippen molar-refractivity contribution in [1.82, 2.24) is 15.3 Å². The molecule has 3 rings (SSSR count). The maximum atomic E-state index is 11.9. The van der Waals surface area contributed by atoms with Crippen LogP contribution < -0.4 is 15.8 Å². The number of anilines is 1. The van der Waals surface area contributed by atoms with E-state index in [0.29, 0.717) is 17.8 Å². The summed E-state index contributed by atoms with van der Waals surface area (Å²) in [6, 6.07) is 0.437. The van der Waals surface area contributed by atoms with Crippen LogP contribution in [-0.2, 0) is 0 Å². The Labute approximate surface area is 138 Å². The molecule has 1 aromatic heterocycles. The zero-order valence-electron chi connectivity index (χ0n) is 14.2. The first-order chi connectivity index (χ1) is 11.1. The van der Waals surface area contributed by atoms with E-state index in [1.807, 2.05) is 0 Å². The van der Waals surface area contributed by atoms with Gasteiger partial charge in [-0.1, -0.05) is 18.6 Å². The summed E-state index contributed by atoms with van der Waals surface area (Å²) < 4.78 is 0. The zero-order chi connectivity index (χ0) is 16.2. The van der Waals surface area contributed by atoms with Gasteiger partial charge in [0.2, 0.25) is 0 Å². The van der Waals surface area contributed by atoms with Crippen LogP contribution >= 0.6 is 0 Å². The van der Waals surface area contributed by atoms with Crippen molar-refractivity contribution in [2.24, 2.45) is 11.8 Å². The Kier molecular flexibility index (Phi) is 5.16. The highest BCUT2D eigenvalue weighted by atomic mass is 16.1. The van der Waals surface area contributed by atoms with Gasteiger partial charge in [0.25, 0.3) is 5.56 Å². The Bertz CT molecular complexity index is 609. The highest BCUT2D eigenvalue weighted by Gasteiger charge is 2.26. The van der Waals surface area contributed by atoms with Crippen molar-refractivity contribution >= 4 is 5.82 Å². The second kappa shape index (κ2) is 7.30. The second-order valence-electron chi connectivity index (χ2n) is 7.04. The summed E-state index contributed by atoms with van der Waals surface area (Å²) in [6.45, 7) is 7.45. The fraction of sp³-hybridized carbons (Fsp3) is 0.667. The molecule has 2 aliphatic rings. The number of piperidine rings is 1. The highest BCUT2D eigenvalue weighted by Crippen LogP contribution is 2.29. The van der Waals surface area contributed by atoms with E-state index in [4.69, 9.17) is 0 Å². The summed E-state index contributed by atoms with van der Waals surface area (Å²) >= 11 is 0. The van der Waals surface area contributed by atoms with Gasteiger partial charge in [-0.2, -0.15) is 0 Å². The number of nitrogens with one attached hydrogen (secondary N) is 2. The average Bonchev–Trinajstić information content (AvgIpc) is 2.55. The molecule has 1 aromatic rings. The smallest absolute Gasteiger partial charge is 0.290 e. The second-order valence-corrected chi connectivity index (χ2v) is 7.04. The predicted octanol–water partition coefficient (Wildman–Crippen LogP) is 2.32. The van der Waals surface area contributed by atoms with Crippen LogP contribution in [0, 0.1) is 11.8 Å². The highest BCUT2D eigenvalue weighted by molar-refractivity contribution is 5.36. The molecule has 1 fully saturated rings. The Morgan fingerprint density at radius 1 is 1.43 bits per heavy atom. The number of aromatic nitrogens is 2. The van der Waals surface area contributed by atoms with E-state index in [1.165, 1.54) is 24.8 Å². The molecule has 0 aromatic carbocycles. The van der Waals surface area contributed by atoms with Crippen molar-refractivity contribution in [3.05, 3.63) is 34.4 Å². The van der Waals surface area contributed by atoms with E-state index in [-0.39, 0.29) is 5.56 Å². The first-order valence-corrected chi connectivity index (χ1v) is 8.84. The number of aromatic amines is 1. The van der Waals surface area contributed by atoms with Crippen molar-refractivity contribution < 1.29 is 0 Å². The zero-order valence-corrected chi connectivity index (χ0v) is 14.2. The third-order valence-corrected chi connectivity index (χ3v) is 5.40. The average molecular weight is 316 g/mol. The van der Waals surface area contributed by atoms with Crippen LogP contribution in [0.4, 0.5) is 5.82 Å². The van der Waals surface area contributed by atoms with Gasteiger partial charge in [0.1, 0.15) is 0 Å². The van der Waals surface area contributed by atoms with Gasteiger partial charge in [0, 0.05) is 38.1 Å². The van der Waals surface area contributed by atoms with Gasteiger partial charge >= 0.3 is 0 Å². The summed E-state index contributed by atoms with van der Waals surface area (Å²) in [7, 11) is 0. The lowest BCUT2D eigenvalue weighted by atomic mass is 9.80. The third kappa shape index (κ3) is 3.83. The van der Waals surface area contributed by atoms with Crippen LogP contribution in [0.3, 0.4) is 0 Å². The minimum Gasteiger partial charge on any atom is -0.350 e. The molecule has 0 saturated carbocycles. The topological polar surface area (TPSA) is 61.0 Å². The normalized spacial score (nSPS) is 28.5. The van der Waals surface area contributed by atoms with Crippen molar-refractivity contribution in [3.63, 3.8) is 0 Å². The minimum absolute atomic E-state index is 0.0900. The Hall–Kier alpha value is -1.62. The van der Waals surface area contributed by atoms with Gasteiger partial charge in [-0.15, -0.1) is 0 Å². The Morgan fingerprint density at radius 2 is 2.30 bits per heavy atom. The molecule has 5 heteroatoms.